The molecule has 0 amide bonds. The minimum atomic E-state index is 0.0117. The van der Waals surface area contributed by atoms with Gasteiger partial charge in [-0.1, -0.05) is 56.7 Å². The van der Waals surface area contributed by atoms with Crippen LogP contribution in [-0.4, -0.2) is 12.4 Å². The van der Waals surface area contributed by atoms with Crippen molar-refractivity contribution in [1.82, 2.24) is 0 Å². The predicted octanol–water partition coefficient (Wildman–Crippen LogP) is 4.46. The second-order valence-corrected chi connectivity index (χ2v) is 5.16. The van der Waals surface area contributed by atoms with E-state index in [-0.39, 0.29) is 12.4 Å². The van der Waals surface area contributed by atoms with Crippen LogP contribution in [0.1, 0.15) is 41.8 Å². The van der Waals surface area contributed by atoms with Crippen LogP contribution in [0.4, 0.5) is 0 Å². The smallest absolute Gasteiger partial charge is 0.200 e. The van der Waals surface area contributed by atoms with E-state index in [4.69, 9.17) is 4.74 Å². The predicted molar refractivity (Wildman–Crippen MR) is 86.1 cm³/mol. The molecule has 2 rings (SSSR count). The van der Waals surface area contributed by atoms with Crippen molar-refractivity contribution < 1.29 is 9.53 Å². The topological polar surface area (TPSA) is 26.3 Å². The highest BCUT2D eigenvalue weighted by molar-refractivity contribution is 5.97. The fourth-order valence-electron chi connectivity index (χ4n) is 2.20. The van der Waals surface area contributed by atoms with Gasteiger partial charge in [0.15, 0.2) is 12.4 Å². The molecule has 2 heteroatoms. The van der Waals surface area contributed by atoms with Gasteiger partial charge in [0.05, 0.1) is 0 Å². The van der Waals surface area contributed by atoms with Crippen molar-refractivity contribution in [2.45, 2.75) is 33.1 Å². The lowest BCUT2D eigenvalue weighted by Gasteiger charge is -2.07. The Labute approximate surface area is 126 Å². The number of Topliss-reactive ketones (excluding diaryl/α,β-unsaturated/α-hetero) is 1. The van der Waals surface area contributed by atoms with Crippen LogP contribution in [0.15, 0.2) is 48.5 Å². The van der Waals surface area contributed by atoms with Crippen molar-refractivity contribution in [3.05, 3.63) is 65.2 Å². The van der Waals surface area contributed by atoms with E-state index in [1.807, 2.05) is 48.5 Å². The molecule has 0 heterocycles. The number of hydrogen-bond donors (Lipinski definition) is 0. The summed E-state index contributed by atoms with van der Waals surface area (Å²) in [6.07, 6.45) is 3.17. The molecule has 0 aliphatic carbocycles. The number of ether oxygens (including phenoxy) is 1. The van der Waals surface area contributed by atoms with Gasteiger partial charge in [-0.2, -0.15) is 0 Å². The molecule has 0 aromatic heterocycles. The summed E-state index contributed by atoms with van der Waals surface area (Å²) in [5.74, 6) is 0.751. The molecule has 2 nitrogen and oxygen atoms in total. The van der Waals surface area contributed by atoms with Crippen molar-refractivity contribution in [3.8, 4) is 5.75 Å². The number of carbonyl (C=O) groups excluding carboxylic acids is 1. The van der Waals surface area contributed by atoms with Gasteiger partial charge in [0.2, 0.25) is 0 Å². The van der Waals surface area contributed by atoms with E-state index in [0.29, 0.717) is 5.56 Å². The third kappa shape index (κ3) is 4.45. The average Bonchev–Trinajstić information content (AvgIpc) is 2.54. The summed E-state index contributed by atoms with van der Waals surface area (Å²) in [4.78, 5) is 12.1. The molecule has 0 unspecified atom stereocenters. The van der Waals surface area contributed by atoms with Gasteiger partial charge in [0.25, 0.3) is 0 Å². The monoisotopic (exact) mass is 282 g/mol. The van der Waals surface area contributed by atoms with E-state index >= 15 is 0 Å². The SMILES string of the molecule is CCCc1ccc(C(=O)COc2ccc(CC)cc2)cc1. The molecule has 0 atom stereocenters. The highest BCUT2D eigenvalue weighted by Gasteiger charge is 2.07. The Morgan fingerprint density at radius 3 is 2.10 bits per heavy atom. The van der Waals surface area contributed by atoms with Crippen molar-refractivity contribution in [1.29, 1.82) is 0 Å². The van der Waals surface area contributed by atoms with Gasteiger partial charge >= 0.3 is 0 Å². The zero-order valence-corrected chi connectivity index (χ0v) is 12.8. The van der Waals surface area contributed by atoms with E-state index < -0.39 is 0 Å². The summed E-state index contributed by atoms with van der Waals surface area (Å²) in [5, 5.41) is 0. The van der Waals surface area contributed by atoms with Crippen molar-refractivity contribution >= 4 is 5.78 Å². The third-order valence-electron chi connectivity index (χ3n) is 3.52. The second kappa shape index (κ2) is 7.63. The highest BCUT2D eigenvalue weighted by Crippen LogP contribution is 2.13. The van der Waals surface area contributed by atoms with Gasteiger partial charge in [0.1, 0.15) is 5.75 Å². The first-order valence-corrected chi connectivity index (χ1v) is 7.56. The highest BCUT2D eigenvalue weighted by atomic mass is 16.5. The molecule has 2 aromatic rings. The summed E-state index contributed by atoms with van der Waals surface area (Å²) in [6, 6.07) is 15.7. The summed E-state index contributed by atoms with van der Waals surface area (Å²) >= 11 is 0. The molecule has 0 aliphatic rings. The number of hydrogen-bond acceptors (Lipinski definition) is 2. The van der Waals surface area contributed by atoms with Crippen LogP contribution in [-0.2, 0) is 12.8 Å². The fourth-order valence-corrected chi connectivity index (χ4v) is 2.20. The molecule has 0 saturated carbocycles. The van der Waals surface area contributed by atoms with Crippen LogP contribution in [0.3, 0.4) is 0 Å². The van der Waals surface area contributed by atoms with Gasteiger partial charge in [-0.15, -0.1) is 0 Å². The molecule has 0 bridgehead atoms. The molecule has 0 spiro atoms. The zero-order valence-electron chi connectivity index (χ0n) is 12.8. The first kappa shape index (κ1) is 15.3. The summed E-state index contributed by atoms with van der Waals surface area (Å²) in [6.45, 7) is 4.34. The molecular weight excluding hydrogens is 260 g/mol. The number of aryl methyl sites for hydroxylation is 2. The van der Waals surface area contributed by atoms with E-state index in [9.17, 15) is 4.79 Å². The van der Waals surface area contributed by atoms with Crippen LogP contribution in [0.2, 0.25) is 0 Å². The Kier molecular flexibility index (Phi) is 5.56. The molecule has 0 saturated heterocycles. The molecule has 0 N–H and O–H groups in total. The minimum absolute atomic E-state index is 0.0117. The van der Waals surface area contributed by atoms with Crippen molar-refractivity contribution in [3.63, 3.8) is 0 Å². The van der Waals surface area contributed by atoms with E-state index in [0.717, 1.165) is 25.0 Å². The van der Waals surface area contributed by atoms with E-state index in [1.54, 1.807) is 0 Å². The number of carbonyl (C=O) groups is 1. The first-order chi connectivity index (χ1) is 10.2. The molecular formula is C19H22O2. The summed E-state index contributed by atoms with van der Waals surface area (Å²) in [7, 11) is 0. The first-order valence-electron chi connectivity index (χ1n) is 7.56. The lowest BCUT2D eigenvalue weighted by molar-refractivity contribution is 0.0921. The Hall–Kier alpha value is -2.09. The lowest BCUT2D eigenvalue weighted by Crippen LogP contribution is -2.11. The van der Waals surface area contributed by atoms with Gasteiger partial charge in [0, 0.05) is 5.56 Å². The standard InChI is InChI=1S/C19H22O2/c1-3-5-16-6-10-17(11-7-16)19(20)14-21-18-12-8-15(4-2)9-13-18/h6-13H,3-5,14H2,1-2H3. The number of benzene rings is 2. The second-order valence-electron chi connectivity index (χ2n) is 5.16. The maximum absolute atomic E-state index is 12.1. The third-order valence-corrected chi connectivity index (χ3v) is 3.52. The zero-order chi connectivity index (χ0) is 15.1. The van der Waals surface area contributed by atoms with Crippen LogP contribution < -0.4 is 4.74 Å². The molecule has 0 fully saturated rings. The average molecular weight is 282 g/mol. The van der Waals surface area contributed by atoms with Crippen LogP contribution in [0.5, 0.6) is 5.75 Å². The van der Waals surface area contributed by atoms with Crippen molar-refractivity contribution in [2.75, 3.05) is 6.61 Å². The molecule has 110 valence electrons. The Morgan fingerprint density at radius 1 is 0.905 bits per heavy atom. The van der Waals surface area contributed by atoms with Gasteiger partial charge in [-0.25, -0.2) is 0 Å². The fraction of sp³-hybridized carbons (Fsp3) is 0.316. The molecule has 0 radical (unpaired) electrons. The van der Waals surface area contributed by atoms with Crippen LogP contribution in [0, 0.1) is 0 Å². The van der Waals surface area contributed by atoms with Gasteiger partial charge < -0.3 is 4.74 Å². The van der Waals surface area contributed by atoms with Gasteiger partial charge in [-0.05, 0) is 36.1 Å². The summed E-state index contributed by atoms with van der Waals surface area (Å²) in [5.41, 5.74) is 3.24. The normalized spacial score (nSPS) is 10.4. The Balaban J connectivity index is 1.91. The van der Waals surface area contributed by atoms with Crippen LogP contribution >= 0.6 is 0 Å². The maximum atomic E-state index is 12.1. The number of ketones is 1. The quantitative estimate of drug-likeness (QED) is 0.701. The summed E-state index contributed by atoms with van der Waals surface area (Å²) < 4.78 is 5.55. The van der Waals surface area contributed by atoms with Crippen molar-refractivity contribution in [2.24, 2.45) is 0 Å². The maximum Gasteiger partial charge on any atom is 0.200 e. The lowest BCUT2D eigenvalue weighted by atomic mass is 10.1. The largest absolute Gasteiger partial charge is 0.485 e. The Bertz CT molecular complexity index is 568. The van der Waals surface area contributed by atoms with E-state index in [2.05, 4.69) is 13.8 Å². The molecule has 2 aromatic carbocycles. The minimum Gasteiger partial charge on any atom is -0.485 e. The van der Waals surface area contributed by atoms with Crippen LogP contribution in [0.25, 0.3) is 0 Å². The molecule has 0 aliphatic heterocycles. The molecule has 21 heavy (non-hydrogen) atoms. The Morgan fingerprint density at radius 2 is 1.52 bits per heavy atom. The number of rotatable bonds is 7. The van der Waals surface area contributed by atoms with E-state index in [1.165, 1.54) is 11.1 Å². The van der Waals surface area contributed by atoms with Gasteiger partial charge in [-0.3, -0.25) is 4.79 Å².